The fourth-order valence-corrected chi connectivity index (χ4v) is 4.72. The maximum atomic E-state index is 14.5. The summed E-state index contributed by atoms with van der Waals surface area (Å²) in [5.41, 5.74) is 3.12. The Kier molecular flexibility index (Phi) is 6.34. The number of nitrogens with zero attached hydrogens (tertiary/aromatic N) is 4. The first-order valence-corrected chi connectivity index (χ1v) is 11.3. The van der Waals surface area contributed by atoms with Gasteiger partial charge in [0.2, 0.25) is 5.28 Å². The van der Waals surface area contributed by atoms with E-state index in [1.54, 1.807) is 12.1 Å². The topological polar surface area (TPSA) is 60.2 Å². The molecule has 2 aromatic heterocycles. The molecule has 0 spiro atoms. The SMILES string of the molecule is Cc1c(CN2[C@@H](C)COC[C@@H]2C)n(C(C)C)c2cc(-c3nc(Cl)ncc3F)ccc2c1=O. The molecular weight excluding hydrogens is 431 g/mol. The van der Waals surface area contributed by atoms with Crippen molar-refractivity contribution in [1.29, 1.82) is 0 Å². The van der Waals surface area contributed by atoms with Crippen LogP contribution in [-0.4, -0.2) is 44.7 Å². The van der Waals surface area contributed by atoms with Gasteiger partial charge in [-0.1, -0.05) is 6.07 Å². The third kappa shape index (κ3) is 4.05. The van der Waals surface area contributed by atoms with Crippen LogP contribution in [0.4, 0.5) is 4.39 Å². The van der Waals surface area contributed by atoms with Crippen LogP contribution >= 0.6 is 11.6 Å². The van der Waals surface area contributed by atoms with Crippen molar-refractivity contribution in [3.05, 3.63) is 57.0 Å². The third-order valence-electron chi connectivity index (χ3n) is 6.25. The fourth-order valence-electron chi connectivity index (χ4n) is 4.58. The number of ether oxygens (including phenoxy) is 1. The highest BCUT2D eigenvalue weighted by Gasteiger charge is 2.28. The molecule has 4 rings (SSSR count). The van der Waals surface area contributed by atoms with Gasteiger partial charge in [0.1, 0.15) is 5.69 Å². The standard InChI is InChI=1S/C24H28ClFN4O2/c1-13(2)30-20-8-17(22-19(26)9-27-24(25)28-22)6-7-18(20)23(31)16(5)21(30)10-29-14(3)11-32-12-15(29)4/h6-9,13-15H,10-12H2,1-5H3/t14-,15-/m0/s1. The van der Waals surface area contributed by atoms with Crippen molar-refractivity contribution >= 4 is 22.5 Å². The van der Waals surface area contributed by atoms with E-state index in [9.17, 15) is 9.18 Å². The van der Waals surface area contributed by atoms with Crippen LogP contribution in [0.3, 0.4) is 0 Å². The van der Waals surface area contributed by atoms with Crippen LogP contribution < -0.4 is 5.43 Å². The number of fused-ring (bicyclic) bond motifs is 1. The number of halogens is 2. The summed E-state index contributed by atoms with van der Waals surface area (Å²) in [6, 6.07) is 5.86. The van der Waals surface area contributed by atoms with Gasteiger partial charge in [0.05, 0.1) is 24.9 Å². The van der Waals surface area contributed by atoms with Crippen molar-refractivity contribution in [2.75, 3.05) is 13.2 Å². The minimum atomic E-state index is -0.560. The summed E-state index contributed by atoms with van der Waals surface area (Å²) in [6.07, 6.45) is 1.06. The van der Waals surface area contributed by atoms with E-state index in [0.29, 0.717) is 30.7 Å². The Labute approximate surface area is 192 Å². The average Bonchev–Trinajstić information content (AvgIpc) is 2.75. The Hall–Kier alpha value is -2.35. The van der Waals surface area contributed by atoms with Crippen LogP contribution in [0.5, 0.6) is 0 Å². The van der Waals surface area contributed by atoms with E-state index in [4.69, 9.17) is 16.3 Å². The molecule has 0 amide bonds. The van der Waals surface area contributed by atoms with Crippen LogP contribution in [-0.2, 0) is 11.3 Å². The van der Waals surface area contributed by atoms with Gasteiger partial charge in [-0.15, -0.1) is 0 Å². The van der Waals surface area contributed by atoms with Crippen molar-refractivity contribution in [3.8, 4) is 11.3 Å². The van der Waals surface area contributed by atoms with E-state index in [0.717, 1.165) is 23.0 Å². The Bertz CT molecular complexity index is 1220. The second kappa shape index (κ2) is 8.89. The summed E-state index contributed by atoms with van der Waals surface area (Å²) in [5.74, 6) is -0.560. The molecule has 0 bridgehead atoms. The Morgan fingerprint density at radius 3 is 2.59 bits per heavy atom. The highest BCUT2D eigenvalue weighted by Crippen LogP contribution is 2.29. The quantitative estimate of drug-likeness (QED) is 0.528. The summed E-state index contributed by atoms with van der Waals surface area (Å²) in [6.45, 7) is 12.3. The molecule has 1 fully saturated rings. The number of morpholine rings is 1. The molecule has 2 atom stereocenters. The number of hydrogen-bond donors (Lipinski definition) is 0. The van der Waals surface area contributed by atoms with Gasteiger partial charge in [-0.2, -0.15) is 0 Å². The molecule has 0 N–H and O–H groups in total. The number of benzene rings is 1. The van der Waals surface area contributed by atoms with Gasteiger partial charge in [-0.3, -0.25) is 9.69 Å². The molecule has 0 aliphatic carbocycles. The van der Waals surface area contributed by atoms with Crippen molar-refractivity contribution in [3.63, 3.8) is 0 Å². The van der Waals surface area contributed by atoms with Crippen LogP contribution in [0.25, 0.3) is 22.2 Å². The van der Waals surface area contributed by atoms with Gasteiger partial charge in [0.25, 0.3) is 0 Å². The lowest BCUT2D eigenvalue weighted by Gasteiger charge is -2.39. The summed E-state index contributed by atoms with van der Waals surface area (Å²) in [4.78, 5) is 23.5. The summed E-state index contributed by atoms with van der Waals surface area (Å²) < 4.78 is 22.3. The predicted molar refractivity (Wildman–Crippen MR) is 125 cm³/mol. The van der Waals surface area contributed by atoms with Crippen molar-refractivity contribution in [2.45, 2.75) is 59.3 Å². The summed E-state index contributed by atoms with van der Waals surface area (Å²) in [7, 11) is 0. The second-order valence-electron chi connectivity index (χ2n) is 8.84. The Morgan fingerprint density at radius 1 is 1.25 bits per heavy atom. The molecule has 1 saturated heterocycles. The molecule has 0 unspecified atom stereocenters. The minimum absolute atomic E-state index is 0.00629. The maximum Gasteiger partial charge on any atom is 0.223 e. The third-order valence-corrected chi connectivity index (χ3v) is 6.44. The first-order chi connectivity index (χ1) is 15.2. The zero-order chi connectivity index (χ0) is 23.2. The van der Waals surface area contributed by atoms with E-state index >= 15 is 0 Å². The van der Waals surface area contributed by atoms with E-state index in [1.807, 2.05) is 13.0 Å². The molecule has 3 aromatic rings. The van der Waals surface area contributed by atoms with Gasteiger partial charge in [-0.05, 0) is 58.4 Å². The van der Waals surface area contributed by atoms with Crippen LogP contribution in [0.1, 0.15) is 45.0 Å². The van der Waals surface area contributed by atoms with E-state index in [-0.39, 0.29) is 34.5 Å². The zero-order valence-electron chi connectivity index (χ0n) is 19.0. The molecule has 3 heterocycles. The van der Waals surface area contributed by atoms with E-state index in [1.165, 1.54) is 0 Å². The largest absolute Gasteiger partial charge is 0.378 e. The molecule has 6 nitrogen and oxygen atoms in total. The smallest absolute Gasteiger partial charge is 0.223 e. The molecule has 1 aromatic carbocycles. The molecule has 1 aliphatic heterocycles. The lowest BCUT2D eigenvalue weighted by atomic mass is 10.0. The molecule has 8 heteroatoms. The van der Waals surface area contributed by atoms with Crippen molar-refractivity contribution in [1.82, 2.24) is 19.4 Å². The zero-order valence-corrected chi connectivity index (χ0v) is 19.8. The van der Waals surface area contributed by atoms with Gasteiger partial charge < -0.3 is 9.30 Å². The number of pyridine rings is 1. The first kappa shape index (κ1) is 22.8. The number of rotatable bonds is 4. The monoisotopic (exact) mass is 458 g/mol. The summed E-state index contributed by atoms with van der Waals surface area (Å²) >= 11 is 5.91. The molecule has 32 heavy (non-hydrogen) atoms. The Morgan fingerprint density at radius 2 is 1.94 bits per heavy atom. The van der Waals surface area contributed by atoms with E-state index < -0.39 is 5.82 Å². The highest BCUT2D eigenvalue weighted by molar-refractivity contribution is 6.28. The van der Waals surface area contributed by atoms with Gasteiger partial charge in [-0.25, -0.2) is 14.4 Å². The summed E-state index contributed by atoms with van der Waals surface area (Å²) in [5, 5.41) is 0.579. The van der Waals surface area contributed by atoms with Gasteiger partial charge >= 0.3 is 0 Å². The highest BCUT2D eigenvalue weighted by atomic mass is 35.5. The van der Waals surface area contributed by atoms with Crippen molar-refractivity contribution in [2.24, 2.45) is 0 Å². The second-order valence-corrected chi connectivity index (χ2v) is 9.18. The van der Waals surface area contributed by atoms with Crippen molar-refractivity contribution < 1.29 is 9.13 Å². The van der Waals surface area contributed by atoms with Crippen LogP contribution in [0.2, 0.25) is 5.28 Å². The van der Waals surface area contributed by atoms with E-state index in [2.05, 4.69) is 47.1 Å². The molecule has 170 valence electrons. The lowest BCUT2D eigenvalue weighted by molar-refractivity contribution is -0.0420. The first-order valence-electron chi connectivity index (χ1n) is 10.9. The molecule has 0 saturated carbocycles. The van der Waals surface area contributed by atoms with Gasteiger partial charge in [0, 0.05) is 46.9 Å². The van der Waals surface area contributed by atoms with Gasteiger partial charge in [0.15, 0.2) is 11.2 Å². The normalized spacial score (nSPS) is 19.8. The molecule has 1 aliphatic rings. The van der Waals surface area contributed by atoms with Crippen LogP contribution in [0, 0.1) is 12.7 Å². The lowest BCUT2D eigenvalue weighted by Crippen LogP contribution is -2.49. The number of hydrogen-bond acceptors (Lipinski definition) is 5. The maximum absolute atomic E-state index is 14.5. The predicted octanol–water partition coefficient (Wildman–Crippen LogP) is 4.75. The Balaban J connectivity index is 1.94. The molecular formula is C24H28ClFN4O2. The fraction of sp³-hybridized carbons (Fsp3) is 0.458. The number of aromatic nitrogens is 3. The molecule has 0 radical (unpaired) electrons. The average molecular weight is 459 g/mol. The van der Waals surface area contributed by atoms with Crippen LogP contribution in [0.15, 0.2) is 29.2 Å². The minimum Gasteiger partial charge on any atom is -0.378 e.